The second kappa shape index (κ2) is 5.46. The van der Waals surface area contributed by atoms with E-state index < -0.39 is 0 Å². The molecule has 3 N–H and O–H groups in total. The molecule has 18 heavy (non-hydrogen) atoms. The monoisotopic (exact) mass is 262 g/mol. The van der Waals surface area contributed by atoms with Gasteiger partial charge in [-0.2, -0.15) is 0 Å². The maximum Gasteiger partial charge on any atom is 0.244 e. The predicted molar refractivity (Wildman–Crippen MR) is 68.8 cm³/mol. The van der Waals surface area contributed by atoms with E-state index >= 15 is 0 Å². The maximum atomic E-state index is 7.37. The Morgan fingerprint density at radius 2 is 2.11 bits per heavy atom. The minimum Gasteiger partial charge on any atom is -0.471 e. The van der Waals surface area contributed by atoms with Gasteiger partial charge in [0.05, 0.1) is 0 Å². The maximum absolute atomic E-state index is 7.37. The van der Waals surface area contributed by atoms with Crippen molar-refractivity contribution >= 4 is 17.4 Å². The van der Waals surface area contributed by atoms with Gasteiger partial charge in [0.1, 0.15) is 12.4 Å². The number of halogens is 1. The van der Waals surface area contributed by atoms with Gasteiger partial charge in [-0.25, -0.2) is 9.97 Å². The van der Waals surface area contributed by atoms with Gasteiger partial charge >= 0.3 is 0 Å². The zero-order valence-electron chi connectivity index (χ0n) is 9.43. The number of amidine groups is 1. The van der Waals surface area contributed by atoms with Crippen LogP contribution in [0.2, 0.25) is 5.02 Å². The van der Waals surface area contributed by atoms with Crippen LogP contribution in [0.3, 0.4) is 0 Å². The summed E-state index contributed by atoms with van der Waals surface area (Å²) in [5.74, 6) is 0.0640. The van der Waals surface area contributed by atoms with Crippen LogP contribution in [0.25, 0.3) is 0 Å². The van der Waals surface area contributed by atoms with E-state index in [0.29, 0.717) is 11.6 Å². The number of benzene rings is 1. The second-order valence-corrected chi connectivity index (χ2v) is 3.98. The van der Waals surface area contributed by atoms with Gasteiger partial charge in [0, 0.05) is 17.4 Å². The number of nitrogens with one attached hydrogen (secondary N) is 1. The van der Waals surface area contributed by atoms with E-state index in [0.717, 1.165) is 5.56 Å². The van der Waals surface area contributed by atoms with Crippen LogP contribution >= 0.6 is 11.6 Å². The minimum atomic E-state index is -0.177. The van der Waals surface area contributed by atoms with Crippen molar-refractivity contribution in [1.82, 2.24) is 9.97 Å². The Hall–Kier alpha value is -2.14. The van der Waals surface area contributed by atoms with E-state index in [9.17, 15) is 0 Å². The van der Waals surface area contributed by atoms with Crippen LogP contribution in [0.15, 0.2) is 36.7 Å². The van der Waals surface area contributed by atoms with Crippen molar-refractivity contribution in [1.29, 1.82) is 5.41 Å². The fraction of sp³-hybridized carbons (Fsp3) is 0.0833. The lowest BCUT2D eigenvalue weighted by molar-refractivity contribution is 0.291. The zero-order chi connectivity index (χ0) is 13.0. The summed E-state index contributed by atoms with van der Waals surface area (Å²) in [6.07, 6.45) is 2.95. The van der Waals surface area contributed by atoms with E-state index in [1.807, 2.05) is 12.1 Å². The highest BCUT2D eigenvalue weighted by atomic mass is 35.5. The average molecular weight is 263 g/mol. The number of ether oxygens (including phenoxy) is 1. The SMILES string of the molecule is N=C(N)c1nccnc1OCc1cccc(Cl)c1. The van der Waals surface area contributed by atoms with Gasteiger partial charge in [0.2, 0.25) is 5.88 Å². The van der Waals surface area contributed by atoms with Gasteiger partial charge in [-0.3, -0.25) is 5.41 Å². The number of aromatic nitrogens is 2. The van der Waals surface area contributed by atoms with Crippen LogP contribution in [0, 0.1) is 5.41 Å². The molecule has 2 aromatic rings. The number of nitrogens with two attached hydrogens (primary N) is 1. The van der Waals surface area contributed by atoms with Crippen molar-refractivity contribution in [3.05, 3.63) is 52.9 Å². The van der Waals surface area contributed by atoms with E-state index in [1.165, 1.54) is 12.4 Å². The summed E-state index contributed by atoms with van der Waals surface area (Å²) in [4.78, 5) is 7.94. The molecule has 6 heteroatoms. The Kier molecular flexibility index (Phi) is 3.74. The standard InChI is InChI=1S/C12H11ClN4O/c13-9-3-1-2-8(6-9)7-18-12-10(11(14)15)16-4-5-17-12/h1-6H,7H2,(H3,14,15). The van der Waals surface area contributed by atoms with Gasteiger partial charge < -0.3 is 10.5 Å². The first-order valence-corrected chi connectivity index (χ1v) is 5.57. The Morgan fingerprint density at radius 1 is 1.33 bits per heavy atom. The molecule has 1 aromatic carbocycles. The third-order valence-electron chi connectivity index (χ3n) is 2.18. The fourth-order valence-electron chi connectivity index (χ4n) is 1.39. The molecule has 0 bridgehead atoms. The molecule has 0 saturated carbocycles. The van der Waals surface area contributed by atoms with Crippen molar-refractivity contribution in [2.45, 2.75) is 6.61 Å². The Bertz CT molecular complexity index is 574. The highest BCUT2D eigenvalue weighted by molar-refractivity contribution is 6.30. The smallest absolute Gasteiger partial charge is 0.244 e. The molecular weight excluding hydrogens is 252 g/mol. The summed E-state index contributed by atoms with van der Waals surface area (Å²) in [6.45, 7) is 0.291. The molecule has 0 fully saturated rings. The van der Waals surface area contributed by atoms with Crippen LogP contribution in [0.5, 0.6) is 5.88 Å². The van der Waals surface area contributed by atoms with E-state index in [4.69, 9.17) is 27.5 Å². The fourth-order valence-corrected chi connectivity index (χ4v) is 1.61. The Balaban J connectivity index is 2.13. The van der Waals surface area contributed by atoms with Crippen LogP contribution < -0.4 is 10.5 Å². The molecule has 0 aliphatic rings. The molecule has 5 nitrogen and oxygen atoms in total. The van der Waals surface area contributed by atoms with E-state index in [-0.39, 0.29) is 17.4 Å². The third kappa shape index (κ3) is 2.95. The van der Waals surface area contributed by atoms with Crippen molar-refractivity contribution in [2.75, 3.05) is 0 Å². The summed E-state index contributed by atoms with van der Waals surface area (Å²) in [5, 5.41) is 8.01. The summed E-state index contributed by atoms with van der Waals surface area (Å²) in [7, 11) is 0. The van der Waals surface area contributed by atoms with Crippen molar-refractivity contribution in [3.8, 4) is 5.88 Å². The minimum absolute atomic E-state index is 0.177. The highest BCUT2D eigenvalue weighted by Gasteiger charge is 2.09. The quantitative estimate of drug-likeness (QED) is 0.652. The number of nitrogens with zero attached hydrogens (tertiary/aromatic N) is 2. The molecule has 0 aliphatic heterocycles. The van der Waals surface area contributed by atoms with E-state index in [2.05, 4.69) is 9.97 Å². The van der Waals surface area contributed by atoms with Gasteiger partial charge in [0.15, 0.2) is 5.69 Å². The third-order valence-corrected chi connectivity index (χ3v) is 2.42. The second-order valence-electron chi connectivity index (χ2n) is 3.54. The molecule has 0 radical (unpaired) electrons. The molecule has 0 spiro atoms. The predicted octanol–water partition coefficient (Wildman–Crippen LogP) is 1.99. The summed E-state index contributed by atoms with van der Waals surface area (Å²) in [5.41, 5.74) is 6.53. The van der Waals surface area contributed by atoms with Crippen molar-refractivity contribution < 1.29 is 4.74 Å². The summed E-state index contributed by atoms with van der Waals surface area (Å²) >= 11 is 5.87. The van der Waals surface area contributed by atoms with Crippen LogP contribution in [0.4, 0.5) is 0 Å². The molecule has 0 atom stereocenters. The molecule has 1 heterocycles. The van der Waals surface area contributed by atoms with Crippen LogP contribution in [-0.2, 0) is 6.61 Å². The summed E-state index contributed by atoms with van der Waals surface area (Å²) in [6, 6.07) is 7.30. The Labute approximate surface area is 109 Å². The molecule has 0 unspecified atom stereocenters. The molecule has 0 amide bonds. The average Bonchev–Trinajstić information content (AvgIpc) is 2.37. The first kappa shape index (κ1) is 12.3. The van der Waals surface area contributed by atoms with Crippen molar-refractivity contribution in [3.63, 3.8) is 0 Å². The largest absolute Gasteiger partial charge is 0.471 e. The topological polar surface area (TPSA) is 84.9 Å². The van der Waals surface area contributed by atoms with Gasteiger partial charge in [-0.1, -0.05) is 23.7 Å². The number of nitrogen functional groups attached to an aromatic ring is 1. The molecule has 0 aliphatic carbocycles. The Morgan fingerprint density at radius 3 is 2.83 bits per heavy atom. The van der Waals surface area contributed by atoms with Crippen molar-refractivity contribution in [2.24, 2.45) is 5.73 Å². The summed E-state index contributed by atoms with van der Waals surface area (Å²) < 4.78 is 5.49. The molecule has 0 saturated heterocycles. The first-order chi connectivity index (χ1) is 8.66. The van der Waals surface area contributed by atoms with Gasteiger partial charge in [-0.05, 0) is 17.7 Å². The zero-order valence-corrected chi connectivity index (χ0v) is 10.2. The lowest BCUT2D eigenvalue weighted by Gasteiger charge is -2.08. The number of hydrogen-bond acceptors (Lipinski definition) is 4. The number of rotatable bonds is 4. The van der Waals surface area contributed by atoms with E-state index in [1.54, 1.807) is 12.1 Å². The normalized spacial score (nSPS) is 10.1. The molecule has 92 valence electrons. The first-order valence-electron chi connectivity index (χ1n) is 5.19. The highest BCUT2D eigenvalue weighted by Crippen LogP contribution is 2.15. The number of hydrogen-bond donors (Lipinski definition) is 2. The molecule has 2 rings (SSSR count). The van der Waals surface area contributed by atoms with Gasteiger partial charge in [-0.15, -0.1) is 0 Å². The van der Waals surface area contributed by atoms with Crippen LogP contribution in [-0.4, -0.2) is 15.8 Å². The molecule has 1 aromatic heterocycles. The lowest BCUT2D eigenvalue weighted by Crippen LogP contribution is -2.15. The van der Waals surface area contributed by atoms with Crippen LogP contribution in [0.1, 0.15) is 11.3 Å². The molecular formula is C12H11ClN4O. The lowest BCUT2D eigenvalue weighted by atomic mass is 10.2. The van der Waals surface area contributed by atoms with Gasteiger partial charge in [0.25, 0.3) is 0 Å².